The molecule has 0 bridgehead atoms. The summed E-state index contributed by atoms with van der Waals surface area (Å²) < 4.78 is 5.63. The molecule has 1 aliphatic heterocycles. The Labute approximate surface area is 177 Å². The third kappa shape index (κ3) is 4.81. The number of aromatic nitrogens is 1. The number of piperidine rings is 1. The van der Waals surface area contributed by atoms with E-state index < -0.39 is 11.9 Å². The molecule has 1 aliphatic rings. The van der Waals surface area contributed by atoms with Crippen molar-refractivity contribution in [3.05, 3.63) is 71.9 Å². The van der Waals surface area contributed by atoms with Gasteiger partial charge in [-0.2, -0.15) is 0 Å². The first-order valence-electron chi connectivity index (χ1n) is 10.8. The fourth-order valence-electron chi connectivity index (χ4n) is 4.07. The molecule has 0 amide bonds. The molecule has 0 aliphatic carbocycles. The minimum atomic E-state index is -0.844. The number of aliphatic hydroxyl groups excluding tert-OH is 1. The fourth-order valence-corrected chi connectivity index (χ4v) is 4.07. The number of aliphatic hydroxyl groups is 2. The molecule has 30 heavy (non-hydrogen) atoms. The van der Waals surface area contributed by atoms with Gasteiger partial charge in [-0.1, -0.05) is 37.3 Å². The zero-order chi connectivity index (χ0) is 21.0. The molecule has 2 aromatic carbocycles. The van der Waals surface area contributed by atoms with Gasteiger partial charge in [0.05, 0.1) is 11.1 Å². The van der Waals surface area contributed by atoms with Crippen molar-refractivity contribution in [3.8, 4) is 5.75 Å². The molecular weight excluding hydrogens is 376 g/mol. The number of rotatable bonds is 7. The van der Waals surface area contributed by atoms with Crippen molar-refractivity contribution >= 4 is 10.9 Å². The summed E-state index contributed by atoms with van der Waals surface area (Å²) in [6.07, 6.45) is 3.80. The van der Waals surface area contributed by atoms with Crippen molar-refractivity contribution in [3.63, 3.8) is 0 Å². The molecule has 1 fully saturated rings. The van der Waals surface area contributed by atoms with Crippen LogP contribution in [0, 0.1) is 0 Å². The highest BCUT2D eigenvalue weighted by Gasteiger charge is 2.34. The number of hydrogen-bond acceptors (Lipinski definition) is 5. The highest BCUT2D eigenvalue weighted by molar-refractivity contribution is 5.78. The largest absolute Gasteiger partial charge is 0.465 e. The molecule has 0 radical (unpaired) electrons. The first-order valence-corrected chi connectivity index (χ1v) is 10.8. The molecule has 5 heteroatoms. The van der Waals surface area contributed by atoms with Gasteiger partial charge < -0.3 is 19.8 Å². The monoisotopic (exact) mass is 406 g/mol. The van der Waals surface area contributed by atoms with Crippen LogP contribution in [0.4, 0.5) is 0 Å². The highest BCUT2D eigenvalue weighted by Crippen LogP contribution is 2.33. The number of ether oxygens (including phenoxy) is 1. The third-order valence-electron chi connectivity index (χ3n) is 6.11. The zero-order valence-electron chi connectivity index (χ0n) is 17.5. The summed E-state index contributed by atoms with van der Waals surface area (Å²) in [4.78, 5) is 6.78. The van der Waals surface area contributed by atoms with E-state index in [1.54, 1.807) is 6.20 Å². The van der Waals surface area contributed by atoms with Crippen LogP contribution >= 0.6 is 0 Å². The lowest BCUT2D eigenvalue weighted by molar-refractivity contribution is -0.0476. The molecule has 3 aromatic rings. The first kappa shape index (κ1) is 20.8. The van der Waals surface area contributed by atoms with E-state index in [-0.39, 0.29) is 0 Å². The number of para-hydroxylation sites is 1. The van der Waals surface area contributed by atoms with Crippen molar-refractivity contribution in [2.75, 3.05) is 19.6 Å². The van der Waals surface area contributed by atoms with Crippen LogP contribution in [0.1, 0.15) is 37.3 Å². The predicted molar refractivity (Wildman–Crippen MR) is 118 cm³/mol. The van der Waals surface area contributed by atoms with Gasteiger partial charge >= 0.3 is 0 Å². The van der Waals surface area contributed by atoms with Gasteiger partial charge in [0.2, 0.25) is 0 Å². The normalized spacial score (nSPS) is 17.7. The van der Waals surface area contributed by atoms with Crippen LogP contribution in [-0.4, -0.2) is 46.0 Å². The zero-order valence-corrected chi connectivity index (χ0v) is 17.5. The SMILES string of the molecule is CCc1ccc(OC(O)CCN2CCC(O)(c3cnc4ccccc4c3)CC2)cc1. The lowest BCUT2D eigenvalue weighted by Gasteiger charge is -2.38. The molecule has 5 nitrogen and oxygen atoms in total. The van der Waals surface area contributed by atoms with Crippen molar-refractivity contribution < 1.29 is 14.9 Å². The summed E-state index contributed by atoms with van der Waals surface area (Å²) in [5, 5.41) is 22.5. The maximum absolute atomic E-state index is 11.2. The lowest BCUT2D eigenvalue weighted by atomic mass is 9.85. The summed E-state index contributed by atoms with van der Waals surface area (Å²) in [6, 6.07) is 17.9. The lowest BCUT2D eigenvalue weighted by Crippen LogP contribution is -2.43. The average Bonchev–Trinajstić information content (AvgIpc) is 2.79. The Morgan fingerprint density at radius 1 is 1.10 bits per heavy atom. The molecule has 1 aromatic heterocycles. The molecular formula is C25H30N2O3. The van der Waals surface area contributed by atoms with Gasteiger partial charge in [-0.3, -0.25) is 4.98 Å². The molecule has 2 N–H and O–H groups in total. The molecule has 2 heterocycles. The van der Waals surface area contributed by atoms with Crippen LogP contribution in [0.3, 0.4) is 0 Å². The van der Waals surface area contributed by atoms with Crippen molar-refractivity contribution in [2.24, 2.45) is 0 Å². The number of hydrogen-bond donors (Lipinski definition) is 2. The number of benzene rings is 2. The Bertz CT molecular complexity index is 966. The van der Waals surface area contributed by atoms with Gasteiger partial charge in [-0.15, -0.1) is 0 Å². The van der Waals surface area contributed by atoms with E-state index in [1.165, 1.54) is 5.56 Å². The fraction of sp³-hybridized carbons (Fsp3) is 0.400. The third-order valence-corrected chi connectivity index (χ3v) is 6.11. The molecule has 0 saturated carbocycles. The van der Waals surface area contributed by atoms with Crippen molar-refractivity contribution in [1.29, 1.82) is 0 Å². The Hall–Kier alpha value is -2.47. The number of aryl methyl sites for hydroxylation is 1. The smallest absolute Gasteiger partial charge is 0.198 e. The van der Waals surface area contributed by atoms with Gasteiger partial charge in [-0.25, -0.2) is 0 Å². The molecule has 1 unspecified atom stereocenters. The van der Waals surface area contributed by atoms with E-state index in [4.69, 9.17) is 4.74 Å². The van der Waals surface area contributed by atoms with Gasteiger partial charge in [0.15, 0.2) is 6.29 Å². The second kappa shape index (κ2) is 9.13. The summed E-state index contributed by atoms with van der Waals surface area (Å²) in [5.74, 6) is 0.691. The number of fused-ring (bicyclic) bond motifs is 1. The van der Waals surface area contributed by atoms with Gasteiger partial charge in [0.1, 0.15) is 5.75 Å². The van der Waals surface area contributed by atoms with Gasteiger partial charge in [-0.05, 0) is 49.1 Å². The van der Waals surface area contributed by atoms with E-state index in [0.717, 1.165) is 42.5 Å². The quantitative estimate of drug-likeness (QED) is 0.583. The topological polar surface area (TPSA) is 65.8 Å². The van der Waals surface area contributed by atoms with E-state index in [9.17, 15) is 10.2 Å². The molecule has 0 spiro atoms. The minimum Gasteiger partial charge on any atom is -0.465 e. The second-order valence-corrected chi connectivity index (χ2v) is 8.15. The summed E-state index contributed by atoms with van der Waals surface area (Å²) in [5.41, 5.74) is 2.24. The molecule has 1 atom stereocenters. The molecule has 4 rings (SSSR count). The Kier molecular flexibility index (Phi) is 6.32. The van der Waals surface area contributed by atoms with Gasteiger partial charge in [0.25, 0.3) is 0 Å². The van der Waals surface area contributed by atoms with Gasteiger partial charge in [0, 0.05) is 43.2 Å². The standard InChI is InChI=1S/C25H30N2O3/c1-2-19-7-9-22(10-8-19)30-24(28)11-14-27-15-12-25(29,13-16-27)21-17-20-5-3-4-6-23(20)26-18-21/h3-10,17-18,24,28-29H,2,11-16H2,1H3. The van der Waals surface area contributed by atoms with E-state index in [0.29, 0.717) is 25.0 Å². The summed E-state index contributed by atoms with van der Waals surface area (Å²) in [6.45, 7) is 4.41. The predicted octanol–water partition coefficient (Wildman–Crippen LogP) is 3.87. The minimum absolute atomic E-state index is 0.533. The van der Waals surface area contributed by atoms with Crippen LogP contribution < -0.4 is 4.74 Å². The average molecular weight is 407 g/mol. The molecule has 1 saturated heterocycles. The van der Waals surface area contributed by atoms with E-state index in [2.05, 4.69) is 22.9 Å². The number of nitrogens with zero attached hydrogens (tertiary/aromatic N) is 2. The number of pyridine rings is 1. The van der Waals surface area contributed by atoms with Crippen LogP contribution in [0.5, 0.6) is 5.75 Å². The maximum atomic E-state index is 11.2. The summed E-state index contributed by atoms with van der Waals surface area (Å²) >= 11 is 0. The van der Waals surface area contributed by atoms with Crippen molar-refractivity contribution in [1.82, 2.24) is 9.88 Å². The highest BCUT2D eigenvalue weighted by atomic mass is 16.6. The second-order valence-electron chi connectivity index (χ2n) is 8.15. The molecule has 158 valence electrons. The van der Waals surface area contributed by atoms with E-state index >= 15 is 0 Å². The van der Waals surface area contributed by atoms with Crippen LogP contribution in [-0.2, 0) is 12.0 Å². The first-order chi connectivity index (χ1) is 14.6. The van der Waals surface area contributed by atoms with Crippen LogP contribution in [0.2, 0.25) is 0 Å². The Morgan fingerprint density at radius 2 is 1.83 bits per heavy atom. The van der Waals surface area contributed by atoms with Crippen molar-refractivity contribution in [2.45, 2.75) is 44.5 Å². The Morgan fingerprint density at radius 3 is 2.57 bits per heavy atom. The van der Waals surface area contributed by atoms with Crippen LogP contribution in [0.15, 0.2) is 60.8 Å². The van der Waals surface area contributed by atoms with E-state index in [1.807, 2.05) is 48.5 Å². The maximum Gasteiger partial charge on any atom is 0.198 e. The number of likely N-dealkylation sites (tertiary alicyclic amines) is 1. The summed E-state index contributed by atoms with van der Waals surface area (Å²) in [7, 11) is 0. The van der Waals surface area contributed by atoms with Crippen LogP contribution in [0.25, 0.3) is 10.9 Å². The Balaban J connectivity index is 1.28.